The number of hydrogen-bond donors (Lipinski definition) is 2. The van der Waals surface area contributed by atoms with Gasteiger partial charge in [-0.3, -0.25) is 4.99 Å². The van der Waals surface area contributed by atoms with E-state index in [2.05, 4.69) is 10.3 Å². The van der Waals surface area contributed by atoms with E-state index in [9.17, 15) is 0 Å². The molecule has 3 N–H and O–H groups in total. The maximum atomic E-state index is 5.89. The van der Waals surface area contributed by atoms with Crippen molar-refractivity contribution in [2.24, 2.45) is 10.7 Å². The monoisotopic (exact) mass is 429 g/mol. The van der Waals surface area contributed by atoms with Crippen LogP contribution in [0.25, 0.3) is 0 Å². The van der Waals surface area contributed by atoms with Gasteiger partial charge in [-0.25, -0.2) is 0 Å². The van der Waals surface area contributed by atoms with E-state index >= 15 is 0 Å². The maximum absolute atomic E-state index is 5.89. The average Bonchev–Trinajstić information content (AvgIpc) is 2.91. The highest BCUT2D eigenvalue weighted by Crippen LogP contribution is 2.32. The van der Waals surface area contributed by atoms with Crippen molar-refractivity contribution in [3.05, 3.63) is 42.4 Å². The Bertz CT molecular complexity index is 644. The number of hydrogen-bond acceptors (Lipinski definition) is 4. The SMILES string of the molecule is I.NC(=NCCc1ccco1)Nc1ccc2c(c1)OCCCO2. The summed E-state index contributed by atoms with van der Waals surface area (Å²) in [6.07, 6.45) is 3.25. The molecule has 0 atom stereocenters. The van der Waals surface area contributed by atoms with Crippen LogP contribution in [-0.4, -0.2) is 25.7 Å². The molecule has 0 fully saturated rings. The van der Waals surface area contributed by atoms with Crippen LogP contribution in [0.5, 0.6) is 11.5 Å². The van der Waals surface area contributed by atoms with Crippen molar-refractivity contribution in [3.63, 3.8) is 0 Å². The Morgan fingerprint density at radius 1 is 1.17 bits per heavy atom. The Kier molecular flexibility index (Phi) is 6.57. The number of rotatable bonds is 4. The fraction of sp³-hybridized carbons (Fsp3) is 0.312. The molecule has 0 bridgehead atoms. The van der Waals surface area contributed by atoms with Crippen LogP contribution < -0.4 is 20.5 Å². The number of guanidine groups is 1. The van der Waals surface area contributed by atoms with Gasteiger partial charge < -0.3 is 24.9 Å². The highest BCUT2D eigenvalue weighted by Gasteiger charge is 2.10. The number of nitrogens with two attached hydrogens (primary N) is 1. The molecule has 3 rings (SSSR count). The predicted octanol–water partition coefficient (Wildman–Crippen LogP) is 3.03. The number of anilines is 1. The summed E-state index contributed by atoms with van der Waals surface area (Å²) in [5.41, 5.74) is 6.71. The summed E-state index contributed by atoms with van der Waals surface area (Å²) < 4.78 is 16.5. The van der Waals surface area contributed by atoms with Gasteiger partial charge >= 0.3 is 0 Å². The van der Waals surface area contributed by atoms with Crippen molar-refractivity contribution in [2.45, 2.75) is 12.8 Å². The quantitative estimate of drug-likeness (QED) is 0.444. The van der Waals surface area contributed by atoms with Crippen molar-refractivity contribution in [3.8, 4) is 11.5 Å². The van der Waals surface area contributed by atoms with Gasteiger partial charge in [-0.2, -0.15) is 0 Å². The second kappa shape index (κ2) is 8.66. The minimum absolute atomic E-state index is 0. The maximum Gasteiger partial charge on any atom is 0.193 e. The molecule has 0 amide bonds. The molecule has 2 heterocycles. The van der Waals surface area contributed by atoms with Gasteiger partial charge in [-0.05, 0) is 24.3 Å². The molecule has 7 heteroatoms. The van der Waals surface area contributed by atoms with Crippen molar-refractivity contribution < 1.29 is 13.9 Å². The Hall–Kier alpha value is -1.90. The number of nitrogens with zero attached hydrogens (tertiary/aromatic N) is 1. The molecule has 0 radical (unpaired) electrons. The van der Waals surface area contributed by atoms with Gasteiger partial charge in [0.2, 0.25) is 0 Å². The summed E-state index contributed by atoms with van der Waals surface area (Å²) in [6, 6.07) is 9.42. The first-order chi connectivity index (χ1) is 10.8. The van der Waals surface area contributed by atoms with E-state index in [1.807, 2.05) is 30.3 Å². The summed E-state index contributed by atoms with van der Waals surface area (Å²) >= 11 is 0. The molecule has 1 aromatic heterocycles. The Balaban J connectivity index is 0.00000192. The topological polar surface area (TPSA) is 82.0 Å². The normalized spacial score (nSPS) is 13.8. The van der Waals surface area contributed by atoms with Crippen LogP contribution in [0, 0.1) is 0 Å². The first kappa shape index (κ1) is 17.5. The van der Waals surface area contributed by atoms with Gasteiger partial charge in [0.15, 0.2) is 17.5 Å². The summed E-state index contributed by atoms with van der Waals surface area (Å²) in [4.78, 5) is 4.28. The van der Waals surface area contributed by atoms with Crippen LogP contribution in [0.1, 0.15) is 12.2 Å². The van der Waals surface area contributed by atoms with Crippen LogP contribution in [0.4, 0.5) is 5.69 Å². The van der Waals surface area contributed by atoms with Gasteiger partial charge in [0, 0.05) is 31.1 Å². The van der Waals surface area contributed by atoms with Gasteiger partial charge in [0.05, 0.1) is 19.5 Å². The van der Waals surface area contributed by atoms with Gasteiger partial charge in [-0.15, -0.1) is 24.0 Å². The lowest BCUT2D eigenvalue weighted by Gasteiger charge is -2.10. The standard InChI is InChI=1S/C16H19N3O3.HI/c17-16(18-7-6-13-3-1-8-20-13)19-12-4-5-14-15(11-12)22-10-2-9-21-14;/h1,3-5,8,11H,2,6-7,9-10H2,(H3,17,18,19);1H. The highest BCUT2D eigenvalue weighted by atomic mass is 127. The van der Waals surface area contributed by atoms with E-state index in [1.54, 1.807) is 6.26 Å². The summed E-state index contributed by atoms with van der Waals surface area (Å²) in [5, 5.41) is 3.05. The number of aliphatic imine (C=N–C) groups is 1. The van der Waals surface area contributed by atoms with Crippen molar-refractivity contribution >= 4 is 35.6 Å². The highest BCUT2D eigenvalue weighted by molar-refractivity contribution is 14.0. The summed E-state index contributed by atoms with van der Waals surface area (Å²) in [5.74, 6) is 2.75. The zero-order chi connectivity index (χ0) is 15.2. The number of furan rings is 1. The smallest absolute Gasteiger partial charge is 0.193 e. The van der Waals surface area contributed by atoms with Gasteiger partial charge in [0.25, 0.3) is 0 Å². The third-order valence-corrected chi connectivity index (χ3v) is 3.24. The number of ether oxygens (including phenoxy) is 2. The average molecular weight is 429 g/mol. The third-order valence-electron chi connectivity index (χ3n) is 3.24. The second-order valence-electron chi connectivity index (χ2n) is 4.93. The lowest BCUT2D eigenvalue weighted by molar-refractivity contribution is 0.297. The molecular formula is C16H20IN3O3. The van der Waals surface area contributed by atoms with Gasteiger partial charge in [-0.1, -0.05) is 0 Å². The van der Waals surface area contributed by atoms with E-state index in [4.69, 9.17) is 19.6 Å². The molecule has 124 valence electrons. The summed E-state index contributed by atoms with van der Waals surface area (Å²) in [6.45, 7) is 1.90. The molecule has 6 nitrogen and oxygen atoms in total. The molecule has 1 aromatic carbocycles. The van der Waals surface area contributed by atoms with Crippen LogP contribution in [0.15, 0.2) is 46.0 Å². The lowest BCUT2D eigenvalue weighted by Crippen LogP contribution is -2.23. The molecule has 0 aliphatic carbocycles. The molecule has 0 saturated heterocycles. The van der Waals surface area contributed by atoms with E-state index < -0.39 is 0 Å². The molecule has 1 aliphatic heterocycles. The van der Waals surface area contributed by atoms with Crippen molar-refractivity contribution in [1.82, 2.24) is 0 Å². The first-order valence-corrected chi connectivity index (χ1v) is 7.30. The molecular weight excluding hydrogens is 409 g/mol. The van der Waals surface area contributed by atoms with E-state index in [0.717, 1.165) is 35.8 Å². The Morgan fingerprint density at radius 3 is 2.78 bits per heavy atom. The second-order valence-corrected chi connectivity index (χ2v) is 4.93. The Morgan fingerprint density at radius 2 is 2.00 bits per heavy atom. The minimum Gasteiger partial charge on any atom is -0.490 e. The largest absolute Gasteiger partial charge is 0.490 e. The number of nitrogens with one attached hydrogen (secondary N) is 1. The van der Waals surface area contributed by atoms with E-state index in [1.165, 1.54) is 0 Å². The lowest BCUT2D eigenvalue weighted by atomic mass is 10.3. The van der Waals surface area contributed by atoms with Crippen molar-refractivity contribution in [2.75, 3.05) is 25.1 Å². The first-order valence-electron chi connectivity index (χ1n) is 7.30. The molecule has 2 aromatic rings. The molecule has 1 aliphatic rings. The summed E-state index contributed by atoms with van der Waals surface area (Å²) in [7, 11) is 0. The predicted molar refractivity (Wildman–Crippen MR) is 100.0 cm³/mol. The number of fused-ring (bicyclic) bond motifs is 1. The van der Waals surface area contributed by atoms with E-state index in [0.29, 0.717) is 25.7 Å². The third kappa shape index (κ3) is 5.05. The molecule has 23 heavy (non-hydrogen) atoms. The van der Waals surface area contributed by atoms with Crippen LogP contribution in [-0.2, 0) is 6.42 Å². The van der Waals surface area contributed by atoms with E-state index in [-0.39, 0.29) is 24.0 Å². The number of halogens is 1. The van der Waals surface area contributed by atoms with Crippen molar-refractivity contribution in [1.29, 1.82) is 0 Å². The van der Waals surface area contributed by atoms with Crippen LogP contribution >= 0.6 is 24.0 Å². The molecule has 0 spiro atoms. The Labute approximate surface area is 152 Å². The zero-order valence-electron chi connectivity index (χ0n) is 12.7. The van der Waals surface area contributed by atoms with Crippen LogP contribution in [0.2, 0.25) is 0 Å². The van der Waals surface area contributed by atoms with Gasteiger partial charge in [0.1, 0.15) is 5.76 Å². The molecule has 0 saturated carbocycles. The fourth-order valence-corrected chi connectivity index (χ4v) is 2.17. The van der Waals surface area contributed by atoms with Crippen LogP contribution in [0.3, 0.4) is 0 Å². The fourth-order valence-electron chi connectivity index (χ4n) is 2.17. The minimum atomic E-state index is 0. The zero-order valence-corrected chi connectivity index (χ0v) is 15.0. The number of benzene rings is 1. The molecule has 0 unspecified atom stereocenters.